The molecule has 0 amide bonds. The van der Waals surface area contributed by atoms with E-state index in [9.17, 15) is 4.39 Å². The first-order valence-corrected chi connectivity index (χ1v) is 6.58. The van der Waals surface area contributed by atoms with Gasteiger partial charge in [0.25, 0.3) is 0 Å². The van der Waals surface area contributed by atoms with E-state index in [4.69, 9.17) is 9.26 Å². The van der Waals surface area contributed by atoms with E-state index in [1.54, 1.807) is 18.2 Å². The third-order valence-electron chi connectivity index (χ3n) is 3.55. The minimum Gasteiger partial charge on any atom is -0.482 e. The molecule has 2 aromatic rings. The van der Waals surface area contributed by atoms with Crippen molar-refractivity contribution in [2.45, 2.75) is 25.4 Å². The van der Waals surface area contributed by atoms with Gasteiger partial charge in [0.15, 0.2) is 18.2 Å². The highest BCUT2D eigenvalue weighted by atomic mass is 19.1. The number of halogens is 1. The van der Waals surface area contributed by atoms with Crippen LogP contribution >= 0.6 is 0 Å². The van der Waals surface area contributed by atoms with Crippen molar-refractivity contribution in [1.29, 1.82) is 0 Å². The molecular formula is C14H16FN3O2. The van der Waals surface area contributed by atoms with E-state index in [-0.39, 0.29) is 17.8 Å². The van der Waals surface area contributed by atoms with Gasteiger partial charge in [-0.1, -0.05) is 17.3 Å². The first-order valence-electron chi connectivity index (χ1n) is 6.58. The second-order valence-electron chi connectivity index (χ2n) is 5.22. The van der Waals surface area contributed by atoms with E-state index in [1.165, 1.54) is 6.07 Å². The minimum absolute atomic E-state index is 0.0912. The molecule has 5 nitrogen and oxygen atoms in total. The molecule has 1 fully saturated rings. The van der Waals surface area contributed by atoms with Gasteiger partial charge in [0.2, 0.25) is 11.7 Å². The van der Waals surface area contributed by atoms with Crippen LogP contribution < -0.4 is 10.1 Å². The Morgan fingerprint density at radius 1 is 1.45 bits per heavy atom. The predicted molar refractivity (Wildman–Crippen MR) is 69.9 cm³/mol. The van der Waals surface area contributed by atoms with Crippen LogP contribution in [-0.4, -0.2) is 23.2 Å². The Hall–Kier alpha value is -1.95. The van der Waals surface area contributed by atoms with Gasteiger partial charge < -0.3 is 14.6 Å². The first-order chi connectivity index (χ1) is 9.67. The van der Waals surface area contributed by atoms with Crippen LogP contribution in [-0.2, 0) is 12.0 Å². The van der Waals surface area contributed by atoms with Crippen LogP contribution in [0.15, 0.2) is 28.8 Å². The summed E-state index contributed by atoms with van der Waals surface area (Å²) in [5, 5.41) is 7.17. The molecule has 1 N–H and O–H groups in total. The molecule has 1 aromatic heterocycles. The quantitative estimate of drug-likeness (QED) is 0.926. The van der Waals surface area contributed by atoms with Gasteiger partial charge in [-0.3, -0.25) is 0 Å². The first kappa shape index (κ1) is 13.1. The summed E-state index contributed by atoms with van der Waals surface area (Å²) < 4.78 is 24.1. The Morgan fingerprint density at radius 3 is 3.05 bits per heavy atom. The van der Waals surface area contributed by atoms with Gasteiger partial charge in [-0.05, 0) is 32.0 Å². The second kappa shape index (κ2) is 5.20. The Labute approximate surface area is 116 Å². The zero-order valence-corrected chi connectivity index (χ0v) is 11.2. The fourth-order valence-corrected chi connectivity index (χ4v) is 2.26. The fraction of sp³-hybridized carbons (Fsp3) is 0.429. The number of rotatable bonds is 4. The highest BCUT2D eigenvalue weighted by Gasteiger charge is 2.36. The van der Waals surface area contributed by atoms with Crippen LogP contribution in [0.25, 0.3) is 0 Å². The molecule has 0 saturated carbocycles. The zero-order chi connectivity index (χ0) is 14.0. The van der Waals surface area contributed by atoms with Gasteiger partial charge in [0.05, 0.1) is 5.41 Å². The average molecular weight is 277 g/mol. The fourth-order valence-electron chi connectivity index (χ4n) is 2.26. The number of benzene rings is 1. The molecule has 0 bridgehead atoms. The van der Waals surface area contributed by atoms with Crippen molar-refractivity contribution < 1.29 is 13.7 Å². The normalized spacial score (nSPS) is 22.1. The number of para-hydroxylation sites is 1. The van der Waals surface area contributed by atoms with Gasteiger partial charge in [-0.15, -0.1) is 0 Å². The lowest BCUT2D eigenvalue weighted by molar-refractivity contribution is 0.268. The van der Waals surface area contributed by atoms with Crippen LogP contribution in [0.2, 0.25) is 0 Å². The molecule has 20 heavy (non-hydrogen) atoms. The molecule has 1 aliphatic heterocycles. The summed E-state index contributed by atoms with van der Waals surface area (Å²) in [6.07, 6.45) is 0.961. The summed E-state index contributed by atoms with van der Waals surface area (Å²) in [4.78, 5) is 4.34. The number of hydrogen-bond acceptors (Lipinski definition) is 5. The molecule has 0 radical (unpaired) electrons. The van der Waals surface area contributed by atoms with Gasteiger partial charge in [-0.2, -0.15) is 4.98 Å². The number of aromatic nitrogens is 2. The molecule has 1 unspecified atom stereocenters. The van der Waals surface area contributed by atoms with Gasteiger partial charge in [0, 0.05) is 6.54 Å². The standard InChI is InChI=1S/C14H16FN3O2/c1-14(6-7-16-9-14)13-17-12(18-20-13)8-19-11-5-3-2-4-10(11)15/h2-5,16H,6-9H2,1H3. The largest absolute Gasteiger partial charge is 0.482 e. The van der Waals surface area contributed by atoms with Crippen molar-refractivity contribution in [3.05, 3.63) is 41.8 Å². The molecule has 6 heteroatoms. The van der Waals surface area contributed by atoms with Gasteiger partial charge in [-0.25, -0.2) is 4.39 Å². The number of ether oxygens (including phenoxy) is 1. The molecular weight excluding hydrogens is 261 g/mol. The lowest BCUT2D eigenvalue weighted by atomic mass is 9.90. The molecule has 1 atom stereocenters. The lowest BCUT2D eigenvalue weighted by Gasteiger charge is -2.15. The van der Waals surface area contributed by atoms with E-state index in [2.05, 4.69) is 22.4 Å². The van der Waals surface area contributed by atoms with Crippen molar-refractivity contribution >= 4 is 0 Å². The van der Waals surface area contributed by atoms with Gasteiger partial charge in [0.1, 0.15) is 0 Å². The Balaban J connectivity index is 1.67. The SMILES string of the molecule is CC1(c2nc(COc3ccccc3F)no2)CCNC1. The Morgan fingerprint density at radius 2 is 2.30 bits per heavy atom. The summed E-state index contributed by atoms with van der Waals surface area (Å²) in [5.74, 6) is 0.821. The van der Waals surface area contributed by atoms with Crippen LogP contribution in [0.3, 0.4) is 0 Å². The maximum absolute atomic E-state index is 13.4. The Bertz CT molecular complexity index is 594. The zero-order valence-electron chi connectivity index (χ0n) is 11.2. The third kappa shape index (κ3) is 2.51. The number of nitrogens with one attached hydrogen (secondary N) is 1. The molecule has 1 saturated heterocycles. The average Bonchev–Trinajstić information content (AvgIpc) is 3.08. The molecule has 2 heterocycles. The van der Waals surface area contributed by atoms with Crippen molar-refractivity contribution in [3.63, 3.8) is 0 Å². The predicted octanol–water partition coefficient (Wildman–Crippen LogP) is 2.04. The summed E-state index contributed by atoms with van der Waals surface area (Å²) in [6.45, 7) is 3.94. The Kier molecular flexibility index (Phi) is 3.40. The van der Waals surface area contributed by atoms with Crippen LogP contribution in [0.1, 0.15) is 25.1 Å². The van der Waals surface area contributed by atoms with Crippen molar-refractivity contribution in [3.8, 4) is 5.75 Å². The van der Waals surface area contributed by atoms with E-state index < -0.39 is 5.82 Å². The highest BCUT2D eigenvalue weighted by Crippen LogP contribution is 2.28. The smallest absolute Gasteiger partial charge is 0.234 e. The van der Waals surface area contributed by atoms with E-state index in [0.717, 1.165) is 19.5 Å². The monoisotopic (exact) mass is 277 g/mol. The second-order valence-corrected chi connectivity index (χ2v) is 5.22. The summed E-state index contributed by atoms with van der Waals surface area (Å²) >= 11 is 0. The van der Waals surface area contributed by atoms with Crippen molar-refractivity contribution in [2.75, 3.05) is 13.1 Å². The molecule has 106 valence electrons. The minimum atomic E-state index is -0.400. The van der Waals surface area contributed by atoms with Crippen LogP contribution in [0.5, 0.6) is 5.75 Å². The topological polar surface area (TPSA) is 60.2 Å². The van der Waals surface area contributed by atoms with Crippen LogP contribution in [0, 0.1) is 5.82 Å². The van der Waals surface area contributed by atoms with E-state index >= 15 is 0 Å². The maximum atomic E-state index is 13.4. The summed E-state index contributed by atoms with van der Waals surface area (Å²) in [6, 6.07) is 6.24. The molecule has 0 spiro atoms. The van der Waals surface area contributed by atoms with Gasteiger partial charge >= 0.3 is 0 Å². The highest BCUT2D eigenvalue weighted by molar-refractivity contribution is 5.23. The molecule has 3 rings (SSSR count). The third-order valence-corrected chi connectivity index (χ3v) is 3.55. The number of hydrogen-bond donors (Lipinski definition) is 1. The summed E-state index contributed by atoms with van der Waals surface area (Å²) in [7, 11) is 0. The maximum Gasteiger partial charge on any atom is 0.234 e. The molecule has 0 aliphatic carbocycles. The van der Waals surface area contributed by atoms with E-state index in [0.29, 0.717) is 11.7 Å². The van der Waals surface area contributed by atoms with Crippen molar-refractivity contribution in [2.24, 2.45) is 0 Å². The van der Waals surface area contributed by atoms with E-state index in [1.807, 2.05) is 0 Å². The molecule has 1 aliphatic rings. The van der Waals surface area contributed by atoms with Crippen molar-refractivity contribution in [1.82, 2.24) is 15.5 Å². The summed E-state index contributed by atoms with van der Waals surface area (Å²) in [5.41, 5.74) is -0.122. The lowest BCUT2D eigenvalue weighted by Crippen LogP contribution is -2.25. The number of nitrogens with zero attached hydrogens (tertiary/aromatic N) is 2. The van der Waals surface area contributed by atoms with Crippen LogP contribution in [0.4, 0.5) is 4.39 Å². The molecule has 1 aromatic carbocycles.